The summed E-state index contributed by atoms with van der Waals surface area (Å²) in [6, 6.07) is 10.7. The van der Waals surface area contributed by atoms with Crippen molar-refractivity contribution in [2.24, 2.45) is 0 Å². The molecule has 0 unspecified atom stereocenters. The fraction of sp³-hybridized carbons (Fsp3) is 0.355. The number of benzene rings is 1. The van der Waals surface area contributed by atoms with E-state index in [4.69, 9.17) is 14.5 Å². The number of piperidine rings is 1. The molecule has 1 saturated heterocycles. The number of carbonyl (C=O) groups is 1. The van der Waals surface area contributed by atoms with E-state index in [-0.39, 0.29) is 17.8 Å². The third-order valence-electron chi connectivity index (χ3n) is 7.56. The Labute approximate surface area is 253 Å². The van der Waals surface area contributed by atoms with Gasteiger partial charge in [-0.05, 0) is 70.9 Å². The van der Waals surface area contributed by atoms with E-state index in [1.807, 2.05) is 40.0 Å². The molecule has 0 saturated carbocycles. The fourth-order valence-electron chi connectivity index (χ4n) is 5.16. The van der Waals surface area contributed by atoms with Gasteiger partial charge in [0.2, 0.25) is 0 Å². The van der Waals surface area contributed by atoms with Crippen LogP contribution in [0.5, 0.6) is 11.5 Å². The molecule has 5 heterocycles. The van der Waals surface area contributed by atoms with Crippen LogP contribution < -0.4 is 15.0 Å². The molecule has 6 rings (SSSR count). The van der Waals surface area contributed by atoms with Crippen molar-refractivity contribution < 1.29 is 18.7 Å². The molecule has 44 heavy (non-hydrogen) atoms. The minimum atomic E-state index is -0.528. The van der Waals surface area contributed by atoms with Gasteiger partial charge in [-0.15, -0.1) is 0 Å². The number of pyridine rings is 2. The van der Waals surface area contributed by atoms with Crippen LogP contribution in [0.2, 0.25) is 0 Å². The van der Waals surface area contributed by atoms with Crippen molar-refractivity contribution in [2.75, 3.05) is 30.4 Å². The lowest BCUT2D eigenvalue weighted by molar-refractivity contribution is 0.0205. The van der Waals surface area contributed by atoms with E-state index < -0.39 is 11.4 Å². The second-order valence-electron chi connectivity index (χ2n) is 11.8. The maximum Gasteiger partial charge on any atom is 0.410 e. The summed E-state index contributed by atoms with van der Waals surface area (Å²) in [4.78, 5) is 34.1. The van der Waals surface area contributed by atoms with Crippen molar-refractivity contribution >= 4 is 40.1 Å². The van der Waals surface area contributed by atoms with Gasteiger partial charge in [-0.3, -0.25) is 0 Å². The zero-order valence-corrected chi connectivity index (χ0v) is 25.3. The lowest BCUT2D eigenvalue weighted by Crippen LogP contribution is -2.47. The summed E-state index contributed by atoms with van der Waals surface area (Å²) >= 11 is 0. The summed E-state index contributed by atoms with van der Waals surface area (Å²) in [5, 5.41) is 7.18. The summed E-state index contributed by atoms with van der Waals surface area (Å²) in [6.07, 6.45) is 5.87. The summed E-state index contributed by atoms with van der Waals surface area (Å²) in [6.45, 7) is 8.45. The number of hydrogen-bond acceptors (Lipinski definition) is 10. The van der Waals surface area contributed by atoms with Crippen LogP contribution in [0.4, 0.5) is 26.5 Å². The highest BCUT2D eigenvalue weighted by Crippen LogP contribution is 2.33. The molecule has 1 aliphatic heterocycles. The van der Waals surface area contributed by atoms with Crippen molar-refractivity contribution in [3.8, 4) is 11.5 Å². The van der Waals surface area contributed by atoms with E-state index in [0.29, 0.717) is 52.7 Å². The standard InChI is InChI=1S/C31H34FN9O3/c1-19-24(43-21-12-15-41-26(16-21)34-18-36-41)8-6-22(27(19)32)37-29-28-23(33-17-35-29)7-9-25(38-28)39(5)20-10-13-40(14-11-20)30(42)44-31(2,3)4/h6-9,12,15-18,20H,10-11,13-14H2,1-5H3,(H,33,35,37). The van der Waals surface area contributed by atoms with E-state index in [1.54, 1.807) is 46.8 Å². The molecule has 1 N–H and O–H groups in total. The molecule has 0 spiro atoms. The largest absolute Gasteiger partial charge is 0.457 e. The maximum absolute atomic E-state index is 15.6. The number of likely N-dealkylation sites (tertiary alicyclic amines) is 1. The lowest BCUT2D eigenvalue weighted by Gasteiger charge is -2.37. The lowest BCUT2D eigenvalue weighted by atomic mass is 10.0. The smallest absolute Gasteiger partial charge is 0.410 e. The number of nitrogens with zero attached hydrogens (tertiary/aromatic N) is 8. The van der Waals surface area contributed by atoms with Gasteiger partial charge < -0.3 is 24.6 Å². The molecule has 0 bridgehead atoms. The van der Waals surface area contributed by atoms with Crippen LogP contribution in [0.3, 0.4) is 0 Å². The second-order valence-corrected chi connectivity index (χ2v) is 11.8. The zero-order valence-electron chi connectivity index (χ0n) is 25.3. The number of nitrogens with one attached hydrogen (secondary N) is 1. The molecule has 1 aromatic carbocycles. The van der Waals surface area contributed by atoms with Crippen LogP contribution in [0.15, 0.2) is 55.2 Å². The molecule has 0 atom stereocenters. The van der Waals surface area contributed by atoms with Crippen molar-refractivity contribution in [2.45, 2.75) is 52.2 Å². The van der Waals surface area contributed by atoms with Crippen molar-refractivity contribution in [3.63, 3.8) is 0 Å². The van der Waals surface area contributed by atoms with E-state index in [1.165, 1.54) is 12.7 Å². The second kappa shape index (κ2) is 11.5. The third-order valence-corrected chi connectivity index (χ3v) is 7.56. The topological polar surface area (TPSA) is 123 Å². The third kappa shape index (κ3) is 6.03. The van der Waals surface area contributed by atoms with Crippen molar-refractivity contribution in [1.82, 2.24) is 34.4 Å². The van der Waals surface area contributed by atoms with Crippen molar-refractivity contribution in [3.05, 3.63) is 66.6 Å². The number of amides is 1. The predicted molar refractivity (Wildman–Crippen MR) is 164 cm³/mol. The highest BCUT2D eigenvalue weighted by Gasteiger charge is 2.29. The minimum absolute atomic E-state index is 0.178. The Kier molecular flexibility index (Phi) is 7.62. The number of aromatic nitrogens is 6. The molecule has 1 aliphatic rings. The molecule has 228 valence electrons. The van der Waals surface area contributed by atoms with Crippen LogP contribution in [0.25, 0.3) is 16.7 Å². The number of anilines is 3. The Morgan fingerprint density at radius 2 is 1.86 bits per heavy atom. The SMILES string of the molecule is Cc1c(Oc2ccn3ncnc3c2)ccc(Nc2ncnc3ccc(N(C)C4CCN(C(=O)OC(C)(C)C)CC4)nc23)c1F. The molecule has 0 radical (unpaired) electrons. The van der Waals surface area contributed by atoms with Crippen LogP contribution in [0.1, 0.15) is 39.2 Å². The average molecular weight is 600 g/mol. The summed E-state index contributed by atoms with van der Waals surface area (Å²) in [5.74, 6) is 1.55. The van der Waals surface area contributed by atoms with Gasteiger partial charge in [-0.2, -0.15) is 5.10 Å². The fourth-order valence-corrected chi connectivity index (χ4v) is 5.16. The first-order valence-corrected chi connectivity index (χ1v) is 14.4. The summed E-state index contributed by atoms with van der Waals surface area (Å²) in [5.41, 5.74) is 1.80. The molecular formula is C31H34FN9O3. The van der Waals surface area contributed by atoms with E-state index in [2.05, 4.69) is 30.3 Å². The normalized spacial score (nSPS) is 14.2. The Morgan fingerprint density at radius 1 is 1.07 bits per heavy atom. The van der Waals surface area contributed by atoms with Gasteiger partial charge in [-0.1, -0.05) is 0 Å². The summed E-state index contributed by atoms with van der Waals surface area (Å²) < 4.78 is 28.7. The zero-order chi connectivity index (χ0) is 31.0. The Bertz CT molecular complexity index is 1830. The van der Waals surface area contributed by atoms with Gasteiger partial charge in [0.25, 0.3) is 0 Å². The Balaban J connectivity index is 1.18. The first kappa shape index (κ1) is 29.0. The number of hydrogen-bond donors (Lipinski definition) is 1. The van der Waals surface area contributed by atoms with Crippen molar-refractivity contribution in [1.29, 1.82) is 0 Å². The molecule has 12 nitrogen and oxygen atoms in total. The molecule has 13 heteroatoms. The number of carbonyl (C=O) groups excluding carboxylic acids is 1. The number of halogens is 1. The van der Waals surface area contributed by atoms with Crippen LogP contribution in [-0.2, 0) is 4.74 Å². The highest BCUT2D eigenvalue weighted by atomic mass is 19.1. The first-order chi connectivity index (χ1) is 21.1. The van der Waals surface area contributed by atoms with Gasteiger partial charge in [0.1, 0.15) is 41.1 Å². The van der Waals surface area contributed by atoms with Gasteiger partial charge in [0.15, 0.2) is 17.3 Å². The molecule has 1 fully saturated rings. The molecular weight excluding hydrogens is 565 g/mol. The average Bonchev–Trinajstić information content (AvgIpc) is 3.48. The Morgan fingerprint density at radius 3 is 2.64 bits per heavy atom. The van der Waals surface area contributed by atoms with Gasteiger partial charge in [0, 0.05) is 44.0 Å². The number of fused-ring (bicyclic) bond motifs is 2. The minimum Gasteiger partial charge on any atom is -0.457 e. The highest BCUT2D eigenvalue weighted by molar-refractivity contribution is 5.88. The van der Waals surface area contributed by atoms with Gasteiger partial charge in [0.05, 0.1) is 11.2 Å². The van der Waals surface area contributed by atoms with E-state index in [9.17, 15) is 4.79 Å². The number of rotatable bonds is 6. The predicted octanol–water partition coefficient (Wildman–Crippen LogP) is 5.89. The first-order valence-electron chi connectivity index (χ1n) is 14.4. The van der Waals surface area contributed by atoms with Crippen LogP contribution >= 0.6 is 0 Å². The molecule has 4 aromatic heterocycles. The molecule has 1 amide bonds. The van der Waals surface area contributed by atoms with E-state index >= 15 is 4.39 Å². The summed E-state index contributed by atoms with van der Waals surface area (Å²) in [7, 11) is 1.99. The van der Waals surface area contributed by atoms with Crippen LogP contribution in [0, 0.1) is 12.7 Å². The quantitative estimate of drug-likeness (QED) is 0.253. The van der Waals surface area contributed by atoms with Gasteiger partial charge >= 0.3 is 6.09 Å². The van der Waals surface area contributed by atoms with Crippen LogP contribution in [-0.4, -0.2) is 72.3 Å². The van der Waals surface area contributed by atoms with E-state index in [0.717, 1.165) is 18.7 Å². The monoisotopic (exact) mass is 599 g/mol. The Hall–Kier alpha value is -5.07. The molecule has 0 aliphatic carbocycles. The molecule has 5 aromatic rings. The number of ether oxygens (including phenoxy) is 2. The maximum atomic E-state index is 15.6. The van der Waals surface area contributed by atoms with Gasteiger partial charge in [-0.25, -0.2) is 33.6 Å².